The molecule has 0 aromatic heterocycles. The number of ether oxygens (including phenoxy) is 1. The van der Waals surface area contributed by atoms with Gasteiger partial charge in [-0.2, -0.15) is 0 Å². The van der Waals surface area contributed by atoms with Crippen molar-refractivity contribution < 1.29 is 19.2 Å². The van der Waals surface area contributed by atoms with Crippen LogP contribution in [0.2, 0.25) is 0 Å². The summed E-state index contributed by atoms with van der Waals surface area (Å²) in [5, 5.41) is 20.1. The van der Waals surface area contributed by atoms with Crippen molar-refractivity contribution in [2.45, 2.75) is 13.3 Å². The first kappa shape index (κ1) is 20.9. The molecule has 0 atom stereocenters. The molecule has 32 heavy (non-hydrogen) atoms. The molecule has 1 aliphatic rings. The monoisotopic (exact) mass is 432 g/mol. The maximum atomic E-state index is 12.8. The Labute approximate surface area is 183 Å². The molecule has 0 spiro atoms. The molecular weight excluding hydrogens is 412 g/mol. The summed E-state index contributed by atoms with van der Waals surface area (Å²) in [4.78, 5) is 35.1. The van der Waals surface area contributed by atoms with Crippen LogP contribution in [0.25, 0.3) is 11.1 Å². The fourth-order valence-electron chi connectivity index (χ4n) is 3.45. The lowest BCUT2D eigenvalue weighted by Crippen LogP contribution is -2.12. The topological polar surface area (TPSA) is 123 Å². The highest BCUT2D eigenvalue weighted by Crippen LogP contribution is 2.37. The number of nitro benzene ring substituents is 1. The van der Waals surface area contributed by atoms with Gasteiger partial charge in [0.05, 0.1) is 34.7 Å². The van der Waals surface area contributed by atoms with E-state index in [2.05, 4.69) is 16.0 Å². The number of nitrogens with one attached hydrogen (secondary N) is 3. The minimum absolute atomic E-state index is 0.121. The van der Waals surface area contributed by atoms with E-state index in [9.17, 15) is 19.7 Å². The second-order valence-corrected chi connectivity index (χ2v) is 7.15. The lowest BCUT2D eigenvalue weighted by atomic mass is 10.0. The van der Waals surface area contributed by atoms with Gasteiger partial charge in [0.15, 0.2) is 5.75 Å². The molecule has 2 amide bonds. The first-order chi connectivity index (χ1) is 15.4. The Morgan fingerprint density at radius 2 is 1.75 bits per heavy atom. The summed E-state index contributed by atoms with van der Waals surface area (Å²) >= 11 is 0. The van der Waals surface area contributed by atoms with Gasteiger partial charge in [0, 0.05) is 18.2 Å². The van der Waals surface area contributed by atoms with Crippen LogP contribution in [0.5, 0.6) is 5.75 Å². The quantitative estimate of drug-likeness (QED) is 0.388. The van der Waals surface area contributed by atoms with Gasteiger partial charge in [-0.25, -0.2) is 0 Å². The van der Waals surface area contributed by atoms with Crippen molar-refractivity contribution in [1.82, 2.24) is 0 Å². The van der Waals surface area contributed by atoms with Crippen molar-refractivity contribution in [2.24, 2.45) is 0 Å². The molecule has 0 radical (unpaired) electrons. The van der Waals surface area contributed by atoms with Gasteiger partial charge in [-0.3, -0.25) is 19.7 Å². The molecule has 0 unspecified atom stereocenters. The molecule has 0 aliphatic carbocycles. The zero-order valence-electron chi connectivity index (χ0n) is 17.4. The molecule has 0 fully saturated rings. The van der Waals surface area contributed by atoms with E-state index in [1.165, 1.54) is 13.2 Å². The predicted molar refractivity (Wildman–Crippen MR) is 122 cm³/mol. The number of carbonyl (C=O) groups is 2. The number of hydrogen-bond donors (Lipinski definition) is 3. The normalized spacial score (nSPS) is 11.9. The van der Waals surface area contributed by atoms with Crippen LogP contribution in [0.15, 0.2) is 54.6 Å². The highest BCUT2D eigenvalue weighted by atomic mass is 16.6. The Hall–Kier alpha value is -4.40. The number of hydrogen-bond acceptors (Lipinski definition) is 6. The van der Waals surface area contributed by atoms with Crippen LogP contribution < -0.4 is 20.7 Å². The molecule has 3 N–H and O–H groups in total. The smallest absolute Gasteiger partial charge is 0.310 e. The van der Waals surface area contributed by atoms with Crippen molar-refractivity contribution in [3.05, 3.63) is 70.3 Å². The standard InChI is InChI=1S/C23H20N4O5/c1-3-22(28)24-15-6-8-17-19(12-15)26-23(29)16-7-4-13(10-18(16)25-17)14-5-9-20(27(30)31)21(11-14)32-2/h4-12,25H,3H2,1-2H3,(H,24,28)(H,26,29). The number of rotatable bonds is 5. The lowest BCUT2D eigenvalue weighted by Gasteiger charge is -2.12. The van der Waals surface area contributed by atoms with E-state index in [4.69, 9.17) is 4.74 Å². The predicted octanol–water partition coefficient (Wildman–Crippen LogP) is 4.93. The van der Waals surface area contributed by atoms with Gasteiger partial charge < -0.3 is 20.7 Å². The minimum atomic E-state index is -0.500. The fraction of sp³-hybridized carbons (Fsp3) is 0.130. The number of nitro groups is 1. The average Bonchev–Trinajstić information content (AvgIpc) is 2.93. The maximum absolute atomic E-state index is 12.8. The van der Waals surface area contributed by atoms with Crippen LogP contribution in [-0.2, 0) is 4.79 Å². The molecule has 1 heterocycles. The summed E-state index contributed by atoms with van der Waals surface area (Å²) in [6, 6.07) is 15.1. The molecule has 9 nitrogen and oxygen atoms in total. The molecule has 0 saturated heterocycles. The lowest BCUT2D eigenvalue weighted by molar-refractivity contribution is -0.385. The van der Waals surface area contributed by atoms with Gasteiger partial charge in [-0.15, -0.1) is 0 Å². The van der Waals surface area contributed by atoms with Gasteiger partial charge in [0.2, 0.25) is 5.91 Å². The molecule has 4 rings (SSSR count). The van der Waals surface area contributed by atoms with Crippen LogP contribution in [0, 0.1) is 10.1 Å². The number of amides is 2. The first-order valence-corrected chi connectivity index (χ1v) is 9.88. The summed E-state index contributed by atoms with van der Waals surface area (Å²) in [5.74, 6) is -0.262. The van der Waals surface area contributed by atoms with Crippen LogP contribution in [0.1, 0.15) is 23.7 Å². The fourth-order valence-corrected chi connectivity index (χ4v) is 3.45. The van der Waals surface area contributed by atoms with E-state index in [1.54, 1.807) is 55.5 Å². The van der Waals surface area contributed by atoms with Crippen LogP contribution >= 0.6 is 0 Å². The Morgan fingerprint density at radius 1 is 1.00 bits per heavy atom. The molecule has 3 aromatic rings. The third-order valence-corrected chi connectivity index (χ3v) is 5.12. The largest absolute Gasteiger partial charge is 0.490 e. The van der Waals surface area contributed by atoms with Gasteiger partial charge in [0.25, 0.3) is 5.91 Å². The summed E-state index contributed by atoms with van der Waals surface area (Å²) < 4.78 is 5.16. The Balaban J connectivity index is 1.70. The van der Waals surface area contributed by atoms with Gasteiger partial charge in [0.1, 0.15) is 0 Å². The number of nitrogens with zero attached hydrogens (tertiary/aromatic N) is 1. The zero-order chi connectivity index (χ0) is 22.8. The van der Waals surface area contributed by atoms with Crippen molar-refractivity contribution >= 4 is 40.3 Å². The molecular formula is C23H20N4O5. The third kappa shape index (κ3) is 3.95. The van der Waals surface area contributed by atoms with Crippen molar-refractivity contribution in [3.8, 4) is 16.9 Å². The molecule has 9 heteroatoms. The van der Waals surface area contributed by atoms with Crippen LogP contribution in [-0.4, -0.2) is 23.8 Å². The molecule has 162 valence electrons. The molecule has 3 aromatic carbocycles. The summed E-state index contributed by atoms with van der Waals surface area (Å²) in [6.07, 6.45) is 0.351. The van der Waals surface area contributed by atoms with Crippen molar-refractivity contribution in [3.63, 3.8) is 0 Å². The molecule has 0 saturated carbocycles. The van der Waals surface area contributed by atoms with E-state index < -0.39 is 4.92 Å². The highest BCUT2D eigenvalue weighted by molar-refractivity contribution is 6.13. The summed E-state index contributed by atoms with van der Waals surface area (Å²) in [6.45, 7) is 1.76. The molecule has 1 aliphatic heterocycles. The van der Waals surface area contributed by atoms with Crippen LogP contribution in [0.3, 0.4) is 0 Å². The number of fused-ring (bicyclic) bond motifs is 2. The van der Waals surface area contributed by atoms with E-state index >= 15 is 0 Å². The highest BCUT2D eigenvalue weighted by Gasteiger charge is 2.21. The summed E-state index contributed by atoms with van der Waals surface area (Å²) in [7, 11) is 1.38. The maximum Gasteiger partial charge on any atom is 0.310 e. The Kier molecular flexibility index (Phi) is 5.46. The first-order valence-electron chi connectivity index (χ1n) is 9.88. The summed E-state index contributed by atoms with van der Waals surface area (Å²) in [5.41, 5.74) is 4.17. The number of carbonyl (C=O) groups excluding carboxylic acids is 2. The second-order valence-electron chi connectivity index (χ2n) is 7.15. The van der Waals surface area contributed by atoms with Crippen molar-refractivity contribution in [2.75, 3.05) is 23.1 Å². The van der Waals surface area contributed by atoms with Gasteiger partial charge in [-0.05, 0) is 53.6 Å². The van der Waals surface area contributed by atoms with E-state index in [0.717, 1.165) is 5.56 Å². The van der Waals surface area contributed by atoms with E-state index in [0.29, 0.717) is 40.3 Å². The molecule has 0 bridgehead atoms. The van der Waals surface area contributed by atoms with Gasteiger partial charge in [-0.1, -0.05) is 13.0 Å². The van der Waals surface area contributed by atoms with Crippen LogP contribution in [0.4, 0.5) is 28.4 Å². The zero-order valence-corrected chi connectivity index (χ0v) is 17.4. The number of benzene rings is 3. The Bertz CT molecular complexity index is 1260. The third-order valence-electron chi connectivity index (χ3n) is 5.12. The van der Waals surface area contributed by atoms with Crippen molar-refractivity contribution in [1.29, 1.82) is 0 Å². The SMILES string of the molecule is CCC(=O)Nc1ccc2c(c1)NC(=O)c1ccc(-c3ccc([N+](=O)[O-])c(OC)c3)cc1N2. The Morgan fingerprint density at radius 3 is 2.47 bits per heavy atom. The number of anilines is 4. The number of methoxy groups -OCH3 is 1. The van der Waals surface area contributed by atoms with Gasteiger partial charge >= 0.3 is 5.69 Å². The van der Waals surface area contributed by atoms with E-state index in [-0.39, 0.29) is 23.3 Å². The minimum Gasteiger partial charge on any atom is -0.490 e. The average molecular weight is 432 g/mol. The second kappa shape index (κ2) is 8.38. The van der Waals surface area contributed by atoms with E-state index in [1.807, 2.05) is 0 Å².